The van der Waals surface area contributed by atoms with Crippen molar-refractivity contribution in [2.45, 2.75) is 13.1 Å². The minimum Gasteiger partial charge on any atom is -0.497 e. The quantitative estimate of drug-likeness (QED) is 0.845. The first-order valence-electron chi connectivity index (χ1n) is 6.62. The lowest BCUT2D eigenvalue weighted by atomic mass is 10.1. The number of halogens is 1. The second-order valence-corrected chi connectivity index (χ2v) is 4.98. The third-order valence-corrected chi connectivity index (χ3v) is 3.13. The van der Waals surface area contributed by atoms with Gasteiger partial charge in [0.25, 0.3) is 0 Å². The standard InChI is InChI=1S/C17H17FN2O/c1-20(11-13-4-3-5-17(9-13)21-2)12-15-6-14(10-19)7-16(18)8-15/h3-9H,11-12H2,1-2H3. The fraction of sp³-hybridized carbons (Fsp3) is 0.235. The van der Waals surface area contributed by atoms with Crippen molar-refractivity contribution in [3.63, 3.8) is 0 Å². The van der Waals surface area contributed by atoms with E-state index in [1.165, 1.54) is 12.1 Å². The van der Waals surface area contributed by atoms with E-state index >= 15 is 0 Å². The van der Waals surface area contributed by atoms with E-state index in [2.05, 4.69) is 4.90 Å². The summed E-state index contributed by atoms with van der Waals surface area (Å²) in [6, 6.07) is 14.2. The largest absolute Gasteiger partial charge is 0.497 e. The van der Waals surface area contributed by atoms with Gasteiger partial charge in [-0.2, -0.15) is 5.26 Å². The molecular formula is C17H17FN2O. The molecule has 0 aliphatic rings. The van der Waals surface area contributed by atoms with Gasteiger partial charge >= 0.3 is 0 Å². The lowest BCUT2D eigenvalue weighted by Gasteiger charge is -2.17. The summed E-state index contributed by atoms with van der Waals surface area (Å²) in [6.07, 6.45) is 0. The van der Waals surface area contributed by atoms with Crippen molar-refractivity contribution in [2.75, 3.05) is 14.2 Å². The molecule has 0 fully saturated rings. The summed E-state index contributed by atoms with van der Waals surface area (Å²) in [5, 5.41) is 8.87. The van der Waals surface area contributed by atoms with Crippen LogP contribution in [0.1, 0.15) is 16.7 Å². The maximum absolute atomic E-state index is 13.4. The third kappa shape index (κ3) is 4.30. The lowest BCUT2D eigenvalue weighted by Crippen LogP contribution is -2.17. The Labute approximate surface area is 124 Å². The highest BCUT2D eigenvalue weighted by Gasteiger charge is 2.06. The van der Waals surface area contributed by atoms with Gasteiger partial charge in [0.2, 0.25) is 0 Å². The summed E-state index contributed by atoms with van der Waals surface area (Å²) >= 11 is 0. The van der Waals surface area contributed by atoms with Crippen molar-refractivity contribution in [3.05, 3.63) is 65.0 Å². The molecule has 0 saturated heterocycles. The van der Waals surface area contributed by atoms with Gasteiger partial charge in [0.05, 0.1) is 18.7 Å². The molecular weight excluding hydrogens is 267 g/mol. The van der Waals surface area contributed by atoms with Crippen LogP contribution >= 0.6 is 0 Å². The predicted octanol–water partition coefficient (Wildman–Crippen LogP) is 3.34. The Morgan fingerprint density at radius 3 is 2.62 bits per heavy atom. The van der Waals surface area contributed by atoms with Crippen LogP contribution in [0, 0.1) is 17.1 Å². The molecule has 0 spiro atoms. The van der Waals surface area contributed by atoms with Crippen LogP contribution in [0.2, 0.25) is 0 Å². The topological polar surface area (TPSA) is 36.3 Å². The van der Waals surface area contributed by atoms with Crippen LogP contribution in [0.4, 0.5) is 4.39 Å². The average Bonchev–Trinajstić information content (AvgIpc) is 2.46. The number of rotatable bonds is 5. The maximum atomic E-state index is 13.4. The van der Waals surface area contributed by atoms with E-state index in [0.29, 0.717) is 12.1 Å². The molecule has 2 aromatic rings. The van der Waals surface area contributed by atoms with E-state index in [0.717, 1.165) is 23.4 Å². The first kappa shape index (κ1) is 15.0. The molecule has 0 heterocycles. The first-order valence-corrected chi connectivity index (χ1v) is 6.62. The molecule has 0 unspecified atom stereocenters. The second-order valence-electron chi connectivity index (χ2n) is 4.98. The predicted molar refractivity (Wildman–Crippen MR) is 79.3 cm³/mol. The molecule has 108 valence electrons. The second kappa shape index (κ2) is 6.87. The van der Waals surface area contributed by atoms with E-state index in [-0.39, 0.29) is 5.82 Å². The number of ether oxygens (including phenoxy) is 1. The van der Waals surface area contributed by atoms with Gasteiger partial charge in [-0.15, -0.1) is 0 Å². The summed E-state index contributed by atoms with van der Waals surface area (Å²) < 4.78 is 18.6. The molecule has 0 radical (unpaired) electrons. The highest BCUT2D eigenvalue weighted by molar-refractivity contribution is 5.33. The van der Waals surface area contributed by atoms with Crippen LogP contribution in [0.25, 0.3) is 0 Å². The van der Waals surface area contributed by atoms with Gasteiger partial charge in [0, 0.05) is 13.1 Å². The minimum absolute atomic E-state index is 0.347. The van der Waals surface area contributed by atoms with Crippen molar-refractivity contribution in [1.82, 2.24) is 4.90 Å². The van der Waals surface area contributed by atoms with Crippen LogP contribution in [0.15, 0.2) is 42.5 Å². The molecule has 0 aliphatic heterocycles. The zero-order chi connectivity index (χ0) is 15.2. The molecule has 0 atom stereocenters. The highest BCUT2D eigenvalue weighted by atomic mass is 19.1. The molecule has 0 amide bonds. The van der Waals surface area contributed by atoms with Gasteiger partial charge in [-0.1, -0.05) is 12.1 Å². The van der Waals surface area contributed by atoms with Gasteiger partial charge in [0.1, 0.15) is 11.6 Å². The molecule has 0 N–H and O–H groups in total. The average molecular weight is 284 g/mol. The lowest BCUT2D eigenvalue weighted by molar-refractivity contribution is 0.317. The van der Waals surface area contributed by atoms with Gasteiger partial charge in [-0.25, -0.2) is 4.39 Å². The normalized spacial score (nSPS) is 10.4. The minimum atomic E-state index is -0.376. The number of hydrogen-bond donors (Lipinski definition) is 0. The molecule has 2 rings (SSSR count). The Morgan fingerprint density at radius 2 is 1.90 bits per heavy atom. The van der Waals surface area contributed by atoms with Crippen LogP contribution < -0.4 is 4.74 Å². The van der Waals surface area contributed by atoms with E-state index in [9.17, 15) is 4.39 Å². The molecule has 4 heteroatoms. The molecule has 0 bridgehead atoms. The number of methoxy groups -OCH3 is 1. The van der Waals surface area contributed by atoms with Crippen molar-refractivity contribution in [1.29, 1.82) is 5.26 Å². The summed E-state index contributed by atoms with van der Waals surface area (Å²) in [6.45, 7) is 1.29. The Balaban J connectivity index is 2.06. The summed E-state index contributed by atoms with van der Waals surface area (Å²) in [4.78, 5) is 2.06. The molecule has 0 aromatic heterocycles. The van der Waals surface area contributed by atoms with Gasteiger partial charge < -0.3 is 4.74 Å². The third-order valence-electron chi connectivity index (χ3n) is 3.13. The van der Waals surface area contributed by atoms with Crippen LogP contribution in [0.3, 0.4) is 0 Å². The number of nitriles is 1. The zero-order valence-electron chi connectivity index (χ0n) is 12.1. The maximum Gasteiger partial charge on any atom is 0.124 e. The summed E-state index contributed by atoms with van der Waals surface area (Å²) in [5.41, 5.74) is 2.26. The number of benzene rings is 2. The Kier molecular flexibility index (Phi) is 4.91. The van der Waals surface area contributed by atoms with Crippen molar-refractivity contribution in [3.8, 4) is 11.8 Å². The van der Waals surface area contributed by atoms with Crippen LogP contribution in [-0.4, -0.2) is 19.1 Å². The highest BCUT2D eigenvalue weighted by Crippen LogP contribution is 2.16. The molecule has 21 heavy (non-hydrogen) atoms. The van der Waals surface area contributed by atoms with E-state index in [1.807, 2.05) is 37.4 Å². The smallest absolute Gasteiger partial charge is 0.124 e. The van der Waals surface area contributed by atoms with E-state index < -0.39 is 0 Å². The van der Waals surface area contributed by atoms with Crippen molar-refractivity contribution >= 4 is 0 Å². The fourth-order valence-corrected chi connectivity index (χ4v) is 2.26. The molecule has 0 saturated carbocycles. The Bertz CT molecular complexity index is 664. The fourth-order valence-electron chi connectivity index (χ4n) is 2.26. The first-order chi connectivity index (χ1) is 10.1. The Hall–Kier alpha value is -2.38. The zero-order valence-corrected chi connectivity index (χ0v) is 12.1. The van der Waals surface area contributed by atoms with Crippen LogP contribution in [-0.2, 0) is 13.1 Å². The SMILES string of the molecule is COc1cccc(CN(C)Cc2cc(F)cc(C#N)c2)c1. The van der Waals surface area contributed by atoms with Gasteiger partial charge in [-0.05, 0) is 48.5 Å². The van der Waals surface area contributed by atoms with Crippen molar-refractivity contribution in [2.24, 2.45) is 0 Å². The van der Waals surface area contributed by atoms with Gasteiger partial charge in [0.15, 0.2) is 0 Å². The van der Waals surface area contributed by atoms with E-state index in [1.54, 1.807) is 13.2 Å². The molecule has 0 aliphatic carbocycles. The molecule has 2 aromatic carbocycles. The van der Waals surface area contributed by atoms with Crippen LogP contribution in [0.5, 0.6) is 5.75 Å². The number of hydrogen-bond acceptors (Lipinski definition) is 3. The van der Waals surface area contributed by atoms with Crippen molar-refractivity contribution < 1.29 is 9.13 Å². The monoisotopic (exact) mass is 284 g/mol. The summed E-state index contributed by atoms with van der Waals surface area (Å²) in [5.74, 6) is 0.442. The Morgan fingerprint density at radius 1 is 1.14 bits per heavy atom. The summed E-state index contributed by atoms with van der Waals surface area (Å²) in [7, 11) is 3.59. The van der Waals surface area contributed by atoms with E-state index in [4.69, 9.17) is 10.00 Å². The van der Waals surface area contributed by atoms with Gasteiger partial charge in [-0.3, -0.25) is 4.90 Å². The molecule has 3 nitrogen and oxygen atoms in total. The number of nitrogens with zero attached hydrogens (tertiary/aromatic N) is 2.